The van der Waals surface area contributed by atoms with E-state index in [1.807, 2.05) is 6.07 Å². The van der Waals surface area contributed by atoms with E-state index in [0.717, 1.165) is 4.31 Å². The number of piperidine rings is 1. The SMILES string of the molecule is N#CCc1ccc(S(=O)(=O)N2CCCC(F)(F)C2)cc1. The molecular formula is C13H14F2N2O2S. The highest BCUT2D eigenvalue weighted by atomic mass is 32.2. The van der Waals surface area contributed by atoms with Crippen LogP contribution in [-0.2, 0) is 16.4 Å². The van der Waals surface area contributed by atoms with E-state index in [-0.39, 0.29) is 30.7 Å². The zero-order chi connectivity index (χ0) is 14.8. The summed E-state index contributed by atoms with van der Waals surface area (Å²) in [5.74, 6) is -2.97. The molecular weight excluding hydrogens is 286 g/mol. The van der Waals surface area contributed by atoms with Crippen LogP contribution in [0.1, 0.15) is 18.4 Å². The van der Waals surface area contributed by atoms with Gasteiger partial charge >= 0.3 is 0 Å². The van der Waals surface area contributed by atoms with Crippen molar-refractivity contribution < 1.29 is 17.2 Å². The maximum atomic E-state index is 13.3. The first-order valence-electron chi connectivity index (χ1n) is 6.19. The molecule has 0 N–H and O–H groups in total. The summed E-state index contributed by atoms with van der Waals surface area (Å²) in [4.78, 5) is -0.0168. The molecule has 0 saturated carbocycles. The van der Waals surface area contributed by atoms with Gasteiger partial charge in [0.25, 0.3) is 5.92 Å². The second-order valence-electron chi connectivity index (χ2n) is 4.78. The molecule has 0 amide bonds. The zero-order valence-corrected chi connectivity index (χ0v) is 11.5. The number of nitrogens with zero attached hydrogens (tertiary/aromatic N) is 2. The molecule has 0 aliphatic carbocycles. The lowest BCUT2D eigenvalue weighted by atomic mass is 10.1. The Morgan fingerprint density at radius 1 is 1.30 bits per heavy atom. The Balaban J connectivity index is 2.24. The van der Waals surface area contributed by atoms with Gasteiger partial charge in [-0.05, 0) is 24.1 Å². The molecule has 0 aromatic heterocycles. The molecule has 7 heteroatoms. The van der Waals surface area contributed by atoms with E-state index in [9.17, 15) is 17.2 Å². The van der Waals surface area contributed by atoms with Gasteiger partial charge < -0.3 is 0 Å². The number of benzene rings is 1. The highest BCUT2D eigenvalue weighted by molar-refractivity contribution is 7.89. The molecule has 1 aromatic rings. The maximum Gasteiger partial charge on any atom is 0.261 e. The molecule has 0 unspecified atom stereocenters. The molecule has 0 radical (unpaired) electrons. The lowest BCUT2D eigenvalue weighted by Crippen LogP contribution is -2.45. The Morgan fingerprint density at radius 2 is 1.95 bits per heavy atom. The van der Waals surface area contributed by atoms with E-state index in [1.165, 1.54) is 24.3 Å². The van der Waals surface area contributed by atoms with Crippen LogP contribution in [0.2, 0.25) is 0 Å². The number of hydrogen-bond acceptors (Lipinski definition) is 3. The molecule has 0 spiro atoms. The first kappa shape index (κ1) is 14.9. The highest BCUT2D eigenvalue weighted by Crippen LogP contribution is 2.30. The second-order valence-corrected chi connectivity index (χ2v) is 6.71. The predicted octanol–water partition coefficient (Wildman–Crippen LogP) is 2.17. The third-order valence-electron chi connectivity index (χ3n) is 3.20. The van der Waals surface area contributed by atoms with Crippen molar-refractivity contribution in [2.75, 3.05) is 13.1 Å². The summed E-state index contributed by atoms with van der Waals surface area (Å²) < 4.78 is 52.0. The quantitative estimate of drug-likeness (QED) is 0.859. The minimum absolute atomic E-state index is 0.0168. The average Bonchev–Trinajstić information content (AvgIpc) is 2.38. The Hall–Kier alpha value is -1.52. The molecule has 1 heterocycles. The zero-order valence-electron chi connectivity index (χ0n) is 10.7. The van der Waals surface area contributed by atoms with Gasteiger partial charge in [0.15, 0.2) is 0 Å². The van der Waals surface area contributed by atoms with Crippen LogP contribution in [-0.4, -0.2) is 31.7 Å². The van der Waals surface area contributed by atoms with Gasteiger partial charge in [0.1, 0.15) is 0 Å². The Morgan fingerprint density at radius 3 is 2.50 bits per heavy atom. The monoisotopic (exact) mass is 300 g/mol. The van der Waals surface area contributed by atoms with Crippen LogP contribution in [0.15, 0.2) is 29.2 Å². The predicted molar refractivity (Wildman–Crippen MR) is 68.7 cm³/mol. The van der Waals surface area contributed by atoms with Gasteiger partial charge in [-0.3, -0.25) is 0 Å². The van der Waals surface area contributed by atoms with Gasteiger partial charge in [0.2, 0.25) is 10.0 Å². The Kier molecular flexibility index (Phi) is 4.06. The fourth-order valence-electron chi connectivity index (χ4n) is 2.15. The van der Waals surface area contributed by atoms with E-state index in [2.05, 4.69) is 0 Å². The molecule has 0 bridgehead atoms. The van der Waals surface area contributed by atoms with Crippen LogP contribution < -0.4 is 0 Å². The lowest BCUT2D eigenvalue weighted by molar-refractivity contribution is -0.0434. The maximum absolute atomic E-state index is 13.3. The van der Waals surface area contributed by atoms with Crippen molar-refractivity contribution in [1.29, 1.82) is 5.26 Å². The van der Waals surface area contributed by atoms with Crippen LogP contribution >= 0.6 is 0 Å². The minimum atomic E-state index is -3.89. The van der Waals surface area contributed by atoms with Crippen molar-refractivity contribution in [2.24, 2.45) is 0 Å². The van der Waals surface area contributed by atoms with Crippen molar-refractivity contribution in [3.05, 3.63) is 29.8 Å². The van der Waals surface area contributed by atoms with Crippen LogP contribution in [0.4, 0.5) is 8.78 Å². The fourth-order valence-corrected chi connectivity index (χ4v) is 3.66. The van der Waals surface area contributed by atoms with Crippen molar-refractivity contribution in [2.45, 2.75) is 30.1 Å². The Bertz CT molecular complexity index is 621. The summed E-state index contributed by atoms with van der Waals surface area (Å²) in [6.07, 6.45) is 0.0565. The van der Waals surface area contributed by atoms with Crippen LogP contribution in [0.3, 0.4) is 0 Å². The van der Waals surface area contributed by atoms with Gasteiger partial charge in [0, 0.05) is 13.0 Å². The number of alkyl halides is 2. The van der Waals surface area contributed by atoms with Crippen LogP contribution in [0.5, 0.6) is 0 Å². The molecule has 1 aromatic carbocycles. The lowest BCUT2D eigenvalue weighted by Gasteiger charge is -2.31. The molecule has 4 nitrogen and oxygen atoms in total. The van der Waals surface area contributed by atoms with Gasteiger partial charge in [0.05, 0.1) is 23.9 Å². The van der Waals surface area contributed by atoms with E-state index in [1.54, 1.807) is 0 Å². The topological polar surface area (TPSA) is 61.2 Å². The Labute approximate surface area is 116 Å². The van der Waals surface area contributed by atoms with Gasteiger partial charge in [-0.15, -0.1) is 0 Å². The summed E-state index contributed by atoms with van der Waals surface area (Å²) in [6, 6.07) is 7.72. The number of rotatable bonds is 3. The standard InChI is InChI=1S/C13H14F2N2O2S/c14-13(15)7-1-9-17(10-13)20(18,19)12-4-2-11(3-5-12)6-8-16/h2-5H,1,6-7,9-10H2. The number of nitriles is 1. The van der Waals surface area contributed by atoms with Gasteiger partial charge in [-0.1, -0.05) is 12.1 Å². The third-order valence-corrected chi connectivity index (χ3v) is 5.06. The van der Waals surface area contributed by atoms with Gasteiger partial charge in [-0.2, -0.15) is 9.57 Å². The van der Waals surface area contributed by atoms with Crippen LogP contribution in [0, 0.1) is 11.3 Å². The molecule has 20 heavy (non-hydrogen) atoms. The van der Waals surface area contributed by atoms with E-state index in [0.29, 0.717) is 5.56 Å². The largest absolute Gasteiger partial charge is 0.261 e. The van der Waals surface area contributed by atoms with Gasteiger partial charge in [-0.25, -0.2) is 17.2 Å². The molecule has 2 rings (SSSR count). The van der Waals surface area contributed by atoms with Crippen molar-refractivity contribution in [1.82, 2.24) is 4.31 Å². The summed E-state index contributed by atoms with van der Waals surface area (Å²) >= 11 is 0. The molecule has 1 aliphatic rings. The first-order valence-corrected chi connectivity index (χ1v) is 7.63. The fraction of sp³-hybridized carbons (Fsp3) is 0.462. The number of halogens is 2. The van der Waals surface area contributed by atoms with E-state index < -0.39 is 22.5 Å². The molecule has 1 saturated heterocycles. The van der Waals surface area contributed by atoms with Crippen molar-refractivity contribution in [3.8, 4) is 6.07 Å². The summed E-state index contributed by atoms with van der Waals surface area (Å²) in [7, 11) is -3.89. The minimum Gasteiger partial charge on any atom is -0.207 e. The average molecular weight is 300 g/mol. The summed E-state index contributed by atoms with van der Waals surface area (Å²) in [6.45, 7) is -0.660. The number of sulfonamides is 1. The van der Waals surface area contributed by atoms with Crippen molar-refractivity contribution >= 4 is 10.0 Å². The first-order chi connectivity index (χ1) is 9.35. The van der Waals surface area contributed by atoms with Crippen LogP contribution in [0.25, 0.3) is 0 Å². The molecule has 1 fully saturated rings. The van der Waals surface area contributed by atoms with Crippen molar-refractivity contribution in [3.63, 3.8) is 0 Å². The summed E-state index contributed by atoms with van der Waals surface area (Å²) in [5.41, 5.74) is 0.690. The summed E-state index contributed by atoms with van der Waals surface area (Å²) in [5, 5.41) is 8.55. The molecule has 0 atom stereocenters. The second kappa shape index (κ2) is 5.46. The number of hydrogen-bond donors (Lipinski definition) is 0. The molecule has 1 aliphatic heterocycles. The normalized spacial score (nSPS) is 19.4. The van der Waals surface area contributed by atoms with E-state index >= 15 is 0 Å². The highest BCUT2D eigenvalue weighted by Gasteiger charge is 2.40. The smallest absolute Gasteiger partial charge is 0.207 e. The molecule has 108 valence electrons. The third kappa shape index (κ3) is 3.14. The van der Waals surface area contributed by atoms with E-state index in [4.69, 9.17) is 5.26 Å².